The third-order valence-corrected chi connectivity index (χ3v) is 4.16. The summed E-state index contributed by atoms with van der Waals surface area (Å²) in [6.45, 7) is 2.00. The second-order valence-corrected chi connectivity index (χ2v) is 5.38. The lowest BCUT2D eigenvalue weighted by molar-refractivity contribution is -0.122. The van der Waals surface area contributed by atoms with Crippen LogP contribution in [-0.4, -0.2) is 22.6 Å². The van der Waals surface area contributed by atoms with Crippen LogP contribution >= 0.6 is 23.1 Å². The molecule has 0 radical (unpaired) electrons. The number of aryl methyl sites for hydroxylation is 1. The van der Waals surface area contributed by atoms with Crippen molar-refractivity contribution in [1.82, 2.24) is 4.90 Å². The molecule has 1 aliphatic rings. The van der Waals surface area contributed by atoms with Crippen molar-refractivity contribution in [2.24, 2.45) is 0 Å². The molecule has 0 N–H and O–H groups in total. The van der Waals surface area contributed by atoms with Gasteiger partial charge in [-0.05, 0) is 41.8 Å². The fourth-order valence-corrected chi connectivity index (χ4v) is 3.13. The molecule has 86 valence electrons. The van der Waals surface area contributed by atoms with Crippen LogP contribution in [0.5, 0.6) is 0 Å². The molecule has 1 saturated heterocycles. The fourth-order valence-electron chi connectivity index (χ4n) is 1.38. The lowest BCUT2D eigenvalue weighted by atomic mass is 10.2. The lowest BCUT2D eigenvalue weighted by Crippen LogP contribution is -2.28. The molecule has 1 aromatic rings. The molecule has 2 amide bonds. The minimum absolute atomic E-state index is 0.0332. The van der Waals surface area contributed by atoms with Crippen molar-refractivity contribution in [3.05, 3.63) is 26.8 Å². The molecule has 3 nitrogen and oxygen atoms in total. The summed E-state index contributed by atoms with van der Waals surface area (Å²) in [5.74, 6) is 2.01. The number of carbonyl (C=O) groups excluding carboxylic acids is 2. The van der Waals surface area contributed by atoms with Crippen LogP contribution in [-0.2, 0) is 4.79 Å². The van der Waals surface area contributed by atoms with Crippen molar-refractivity contribution in [1.29, 1.82) is 0 Å². The number of terminal acetylenes is 1. The summed E-state index contributed by atoms with van der Waals surface area (Å²) in [5, 5.41) is 1.65. The van der Waals surface area contributed by atoms with Gasteiger partial charge < -0.3 is 0 Å². The maximum atomic E-state index is 11.9. The Balaban J connectivity index is 2.29. The van der Waals surface area contributed by atoms with Gasteiger partial charge >= 0.3 is 0 Å². The smallest absolute Gasteiger partial charge is 0.268 e. The third-order valence-electron chi connectivity index (χ3n) is 2.29. The molecular weight excluding hydrogens is 254 g/mol. The molecule has 0 aromatic carbocycles. The van der Waals surface area contributed by atoms with E-state index in [9.17, 15) is 9.59 Å². The van der Waals surface area contributed by atoms with Gasteiger partial charge in [-0.25, -0.2) is 0 Å². The number of carbonyl (C=O) groups is 2. The molecule has 0 bridgehead atoms. The molecule has 0 spiro atoms. The Kier molecular flexibility index (Phi) is 3.36. The second kappa shape index (κ2) is 4.78. The van der Waals surface area contributed by atoms with E-state index in [0.717, 1.165) is 27.1 Å². The van der Waals surface area contributed by atoms with E-state index in [4.69, 9.17) is 6.42 Å². The largest absolute Gasteiger partial charge is 0.294 e. The van der Waals surface area contributed by atoms with Crippen LogP contribution in [0, 0.1) is 19.3 Å². The summed E-state index contributed by atoms with van der Waals surface area (Å²) in [5.41, 5.74) is 1.10. The van der Waals surface area contributed by atoms with Crippen molar-refractivity contribution >= 4 is 40.3 Å². The molecule has 5 heteroatoms. The second-order valence-electron chi connectivity index (χ2n) is 3.44. The van der Waals surface area contributed by atoms with E-state index in [0.29, 0.717) is 4.91 Å². The van der Waals surface area contributed by atoms with Crippen LogP contribution in [0.25, 0.3) is 6.08 Å². The standard InChI is InChI=1S/C12H9NO2S2/c1-3-5-13-11(14)10(17-12(13)15)7-9-8(2)4-6-16-9/h1,4,6-7H,5H2,2H3/b10-7-. The van der Waals surface area contributed by atoms with Gasteiger partial charge in [0.15, 0.2) is 0 Å². The van der Waals surface area contributed by atoms with Gasteiger partial charge in [0.25, 0.3) is 11.1 Å². The fraction of sp³-hybridized carbons (Fsp3) is 0.167. The summed E-state index contributed by atoms with van der Waals surface area (Å²) >= 11 is 2.48. The molecule has 2 rings (SSSR count). The molecule has 0 aliphatic carbocycles. The molecule has 1 aromatic heterocycles. The summed E-state index contributed by atoms with van der Waals surface area (Å²) in [4.78, 5) is 25.9. The SMILES string of the molecule is C#CCN1C(=O)S/C(=C\c2sccc2C)C1=O. The first-order valence-electron chi connectivity index (χ1n) is 4.86. The Morgan fingerprint density at radius 2 is 2.29 bits per heavy atom. The Bertz CT molecular complexity index is 551. The van der Waals surface area contributed by atoms with E-state index < -0.39 is 0 Å². The van der Waals surface area contributed by atoms with E-state index in [1.807, 2.05) is 18.4 Å². The first-order chi connectivity index (χ1) is 8.13. The van der Waals surface area contributed by atoms with Crippen molar-refractivity contribution in [3.8, 4) is 12.3 Å². The number of hydrogen-bond acceptors (Lipinski definition) is 4. The zero-order chi connectivity index (χ0) is 12.4. The summed E-state index contributed by atoms with van der Waals surface area (Å²) in [6, 6.07) is 1.97. The molecular formula is C12H9NO2S2. The van der Waals surface area contributed by atoms with E-state index in [1.165, 1.54) is 0 Å². The zero-order valence-corrected chi connectivity index (χ0v) is 10.7. The highest BCUT2D eigenvalue weighted by molar-refractivity contribution is 8.18. The lowest BCUT2D eigenvalue weighted by Gasteiger charge is -2.06. The molecule has 0 saturated carbocycles. The van der Waals surface area contributed by atoms with Gasteiger partial charge in [-0.15, -0.1) is 17.8 Å². The monoisotopic (exact) mass is 263 g/mol. The van der Waals surface area contributed by atoms with Gasteiger partial charge in [-0.1, -0.05) is 5.92 Å². The van der Waals surface area contributed by atoms with Crippen molar-refractivity contribution in [2.75, 3.05) is 6.54 Å². The minimum atomic E-state index is -0.300. The predicted molar refractivity (Wildman–Crippen MR) is 70.6 cm³/mol. The van der Waals surface area contributed by atoms with Gasteiger partial charge in [-0.3, -0.25) is 14.5 Å². The number of nitrogens with zero attached hydrogens (tertiary/aromatic N) is 1. The Labute approximate surface area is 108 Å². The van der Waals surface area contributed by atoms with E-state index in [2.05, 4.69) is 5.92 Å². The van der Waals surface area contributed by atoms with Crippen LogP contribution in [0.4, 0.5) is 4.79 Å². The number of imide groups is 1. The van der Waals surface area contributed by atoms with Gasteiger partial charge in [0.2, 0.25) is 0 Å². The van der Waals surface area contributed by atoms with E-state index >= 15 is 0 Å². The molecule has 1 aliphatic heterocycles. The van der Waals surface area contributed by atoms with Crippen molar-refractivity contribution in [3.63, 3.8) is 0 Å². The van der Waals surface area contributed by atoms with Crippen LogP contribution in [0.3, 0.4) is 0 Å². The van der Waals surface area contributed by atoms with Gasteiger partial charge in [0.1, 0.15) is 0 Å². The van der Waals surface area contributed by atoms with E-state index in [1.54, 1.807) is 17.4 Å². The van der Waals surface area contributed by atoms with Crippen LogP contribution in [0.15, 0.2) is 16.4 Å². The quantitative estimate of drug-likeness (QED) is 0.608. The molecule has 17 heavy (non-hydrogen) atoms. The number of thiophene rings is 1. The maximum Gasteiger partial charge on any atom is 0.294 e. The van der Waals surface area contributed by atoms with Gasteiger partial charge in [0, 0.05) is 4.88 Å². The van der Waals surface area contributed by atoms with Crippen molar-refractivity contribution < 1.29 is 9.59 Å². The van der Waals surface area contributed by atoms with Gasteiger partial charge in [-0.2, -0.15) is 0 Å². The van der Waals surface area contributed by atoms with E-state index in [-0.39, 0.29) is 17.7 Å². The molecule has 0 unspecified atom stereocenters. The normalized spacial score (nSPS) is 17.9. The first-order valence-corrected chi connectivity index (χ1v) is 6.56. The molecule has 0 atom stereocenters. The summed E-state index contributed by atoms with van der Waals surface area (Å²) < 4.78 is 0. The highest BCUT2D eigenvalue weighted by Gasteiger charge is 2.34. The number of thioether (sulfide) groups is 1. The third kappa shape index (κ3) is 2.28. The zero-order valence-electron chi connectivity index (χ0n) is 9.10. The summed E-state index contributed by atoms with van der Waals surface area (Å²) in [6.07, 6.45) is 6.87. The highest BCUT2D eigenvalue weighted by atomic mass is 32.2. The van der Waals surface area contributed by atoms with Gasteiger partial charge in [0.05, 0.1) is 11.4 Å². The topological polar surface area (TPSA) is 37.4 Å². The Hall–Kier alpha value is -1.51. The summed E-state index contributed by atoms with van der Waals surface area (Å²) in [7, 11) is 0. The van der Waals surface area contributed by atoms with Crippen LogP contribution in [0.2, 0.25) is 0 Å². The Morgan fingerprint density at radius 3 is 2.88 bits per heavy atom. The average molecular weight is 263 g/mol. The number of amides is 2. The maximum absolute atomic E-state index is 11.9. The van der Waals surface area contributed by atoms with Crippen LogP contribution < -0.4 is 0 Å². The van der Waals surface area contributed by atoms with Crippen LogP contribution in [0.1, 0.15) is 10.4 Å². The Morgan fingerprint density at radius 1 is 1.53 bits per heavy atom. The minimum Gasteiger partial charge on any atom is -0.268 e. The predicted octanol–water partition coefficient (Wildman–Crippen LogP) is 2.73. The average Bonchev–Trinajstić information content (AvgIpc) is 2.79. The molecule has 2 heterocycles. The first kappa shape index (κ1) is 12.0. The highest BCUT2D eigenvalue weighted by Crippen LogP contribution is 2.33. The molecule has 1 fully saturated rings. The van der Waals surface area contributed by atoms with Crippen molar-refractivity contribution in [2.45, 2.75) is 6.92 Å². The number of hydrogen-bond donors (Lipinski definition) is 0. The number of rotatable bonds is 2.